The molecule has 0 radical (unpaired) electrons. The number of thioether (sulfide) groups is 1. The Morgan fingerprint density at radius 3 is 2.15 bits per heavy atom. The third-order valence-corrected chi connectivity index (χ3v) is 8.00. The fourth-order valence-electron chi connectivity index (χ4n) is 4.24. The van der Waals surface area contributed by atoms with Crippen LogP contribution in [-0.2, 0) is 16.6 Å². The zero-order valence-corrected chi connectivity index (χ0v) is 25.6. The van der Waals surface area contributed by atoms with E-state index in [0.29, 0.717) is 45.0 Å². The van der Waals surface area contributed by atoms with Crippen LogP contribution in [0.2, 0.25) is 0 Å². The second-order valence-corrected chi connectivity index (χ2v) is 12.1. The van der Waals surface area contributed by atoms with E-state index in [9.17, 15) is 9.59 Å². The molecule has 1 aliphatic rings. The van der Waals surface area contributed by atoms with Crippen molar-refractivity contribution in [1.29, 1.82) is 0 Å². The summed E-state index contributed by atoms with van der Waals surface area (Å²) in [5, 5.41) is 0. The minimum absolute atomic E-state index is 0.0135. The zero-order valence-electron chi connectivity index (χ0n) is 24.0. The van der Waals surface area contributed by atoms with Crippen molar-refractivity contribution in [3.05, 3.63) is 87.8 Å². The molecule has 0 atom stereocenters. The van der Waals surface area contributed by atoms with Gasteiger partial charge >= 0.3 is 5.97 Å². The SMILES string of the molecule is COc1ccc(CCN2C(=O)C(=Cc3ccc(OC(=O)c4ccc(C(C)(C)C)cc4)c(OC)c3)SC2=S)cc1OC. The number of thiocarbonyl (C=S) groups is 1. The van der Waals surface area contributed by atoms with Crippen LogP contribution in [0.3, 0.4) is 0 Å². The van der Waals surface area contributed by atoms with Crippen LogP contribution in [0.25, 0.3) is 6.08 Å². The number of carbonyl (C=O) groups is 2. The molecule has 0 bridgehead atoms. The minimum Gasteiger partial charge on any atom is -0.493 e. The van der Waals surface area contributed by atoms with Crippen LogP contribution < -0.4 is 18.9 Å². The molecule has 1 fully saturated rings. The van der Waals surface area contributed by atoms with Crippen molar-refractivity contribution in [3.63, 3.8) is 0 Å². The molecule has 0 N–H and O–H groups in total. The third-order valence-electron chi connectivity index (χ3n) is 6.62. The Morgan fingerprint density at radius 1 is 0.878 bits per heavy atom. The van der Waals surface area contributed by atoms with Gasteiger partial charge in [-0.25, -0.2) is 4.79 Å². The van der Waals surface area contributed by atoms with Crippen molar-refractivity contribution in [3.8, 4) is 23.0 Å². The molecular weight excluding hydrogens is 558 g/mol. The van der Waals surface area contributed by atoms with Crippen LogP contribution in [0.5, 0.6) is 23.0 Å². The standard InChI is InChI=1S/C32H33NO6S2/c1-32(2,3)23-11-9-22(10-12-23)30(35)39-25-14-8-21(18-27(25)38-6)19-28-29(34)33(31(40)41-28)16-15-20-7-13-24(36-4)26(17-20)37-5/h7-14,17-19H,15-16H2,1-6H3. The molecule has 7 nitrogen and oxygen atoms in total. The highest BCUT2D eigenvalue weighted by Crippen LogP contribution is 2.36. The molecule has 0 unspecified atom stereocenters. The first-order valence-corrected chi connectivity index (χ1v) is 14.2. The van der Waals surface area contributed by atoms with Gasteiger partial charge in [-0.05, 0) is 71.0 Å². The fourth-order valence-corrected chi connectivity index (χ4v) is 5.55. The van der Waals surface area contributed by atoms with E-state index in [1.165, 1.54) is 18.9 Å². The predicted octanol–water partition coefficient (Wildman–Crippen LogP) is 6.67. The molecule has 3 aromatic rings. The number of hydrogen-bond acceptors (Lipinski definition) is 8. The predicted molar refractivity (Wildman–Crippen MR) is 166 cm³/mol. The number of ether oxygens (including phenoxy) is 4. The molecule has 9 heteroatoms. The second-order valence-electron chi connectivity index (χ2n) is 10.4. The Labute approximate surface area is 250 Å². The average molecular weight is 592 g/mol. The third kappa shape index (κ3) is 7.10. The molecule has 0 aromatic heterocycles. The van der Waals surface area contributed by atoms with Gasteiger partial charge in [-0.3, -0.25) is 9.69 Å². The van der Waals surface area contributed by atoms with E-state index >= 15 is 0 Å². The van der Waals surface area contributed by atoms with Gasteiger partial charge in [-0.2, -0.15) is 0 Å². The lowest BCUT2D eigenvalue weighted by molar-refractivity contribution is -0.122. The zero-order chi connectivity index (χ0) is 29.7. The van der Waals surface area contributed by atoms with Gasteiger partial charge in [-0.1, -0.05) is 69.0 Å². The maximum Gasteiger partial charge on any atom is 0.343 e. The molecule has 3 aromatic carbocycles. The number of esters is 1. The lowest BCUT2D eigenvalue weighted by Gasteiger charge is -2.19. The topological polar surface area (TPSA) is 74.3 Å². The maximum atomic E-state index is 13.2. The summed E-state index contributed by atoms with van der Waals surface area (Å²) in [6, 6.07) is 18.2. The number of methoxy groups -OCH3 is 3. The summed E-state index contributed by atoms with van der Waals surface area (Å²) in [7, 11) is 4.68. The Kier molecular flexibility index (Phi) is 9.40. The smallest absolute Gasteiger partial charge is 0.343 e. The average Bonchev–Trinajstić information content (AvgIpc) is 3.23. The van der Waals surface area contributed by atoms with Gasteiger partial charge in [0, 0.05) is 6.54 Å². The van der Waals surface area contributed by atoms with Gasteiger partial charge in [0.15, 0.2) is 23.0 Å². The van der Waals surface area contributed by atoms with Crippen molar-refractivity contribution < 1.29 is 28.5 Å². The lowest BCUT2D eigenvalue weighted by atomic mass is 9.87. The molecule has 214 valence electrons. The Hall–Kier alpha value is -3.82. The summed E-state index contributed by atoms with van der Waals surface area (Å²) in [5.74, 6) is 1.31. The number of benzene rings is 3. The van der Waals surface area contributed by atoms with Gasteiger partial charge in [0.1, 0.15) is 4.32 Å². The molecule has 1 amide bonds. The van der Waals surface area contributed by atoms with E-state index in [0.717, 1.165) is 16.7 Å². The summed E-state index contributed by atoms with van der Waals surface area (Å²) >= 11 is 6.76. The van der Waals surface area contributed by atoms with Gasteiger partial charge < -0.3 is 18.9 Å². The highest BCUT2D eigenvalue weighted by Gasteiger charge is 2.31. The van der Waals surface area contributed by atoms with E-state index in [-0.39, 0.29) is 17.1 Å². The Bertz CT molecular complexity index is 1490. The molecule has 41 heavy (non-hydrogen) atoms. The monoisotopic (exact) mass is 591 g/mol. The van der Waals surface area contributed by atoms with Gasteiger partial charge in [0.05, 0.1) is 31.8 Å². The molecule has 1 aliphatic heterocycles. The van der Waals surface area contributed by atoms with Gasteiger partial charge in [0.25, 0.3) is 5.91 Å². The first kappa shape index (κ1) is 30.1. The van der Waals surface area contributed by atoms with Crippen molar-refractivity contribution in [2.45, 2.75) is 32.6 Å². The number of carbonyl (C=O) groups excluding carboxylic acids is 2. The van der Waals surface area contributed by atoms with E-state index < -0.39 is 5.97 Å². The van der Waals surface area contributed by atoms with Gasteiger partial charge in [0.2, 0.25) is 0 Å². The van der Waals surface area contributed by atoms with Crippen molar-refractivity contribution in [2.24, 2.45) is 0 Å². The first-order valence-electron chi connectivity index (χ1n) is 13.0. The van der Waals surface area contributed by atoms with E-state index in [1.807, 2.05) is 30.3 Å². The highest BCUT2D eigenvalue weighted by molar-refractivity contribution is 8.26. The Balaban J connectivity index is 1.44. The lowest BCUT2D eigenvalue weighted by Crippen LogP contribution is -2.30. The summed E-state index contributed by atoms with van der Waals surface area (Å²) in [6.07, 6.45) is 2.36. The quantitative estimate of drug-likeness (QED) is 0.118. The number of nitrogens with zero attached hydrogens (tertiary/aromatic N) is 1. The van der Waals surface area contributed by atoms with Crippen LogP contribution in [0.15, 0.2) is 65.6 Å². The number of rotatable bonds is 9. The highest BCUT2D eigenvalue weighted by atomic mass is 32.2. The second kappa shape index (κ2) is 12.8. The maximum absolute atomic E-state index is 13.2. The van der Waals surface area contributed by atoms with Gasteiger partial charge in [-0.15, -0.1) is 0 Å². The van der Waals surface area contributed by atoms with Crippen LogP contribution >= 0.6 is 24.0 Å². The van der Waals surface area contributed by atoms with Crippen molar-refractivity contribution >= 4 is 46.3 Å². The molecule has 0 spiro atoms. The first-order chi connectivity index (χ1) is 19.5. The molecule has 1 heterocycles. The summed E-state index contributed by atoms with van der Waals surface area (Å²) < 4.78 is 22.3. The molecular formula is C32H33NO6S2. The molecule has 0 aliphatic carbocycles. The van der Waals surface area contributed by atoms with Crippen molar-refractivity contribution in [1.82, 2.24) is 4.90 Å². The van der Waals surface area contributed by atoms with Crippen LogP contribution in [0.4, 0.5) is 0 Å². The molecule has 0 saturated carbocycles. The number of amides is 1. The van der Waals surface area contributed by atoms with Crippen LogP contribution in [0, 0.1) is 0 Å². The fraction of sp³-hybridized carbons (Fsp3) is 0.281. The molecule has 1 saturated heterocycles. The Morgan fingerprint density at radius 2 is 1.51 bits per heavy atom. The van der Waals surface area contributed by atoms with Crippen LogP contribution in [0.1, 0.15) is 47.8 Å². The minimum atomic E-state index is -0.480. The largest absolute Gasteiger partial charge is 0.493 e. The van der Waals surface area contributed by atoms with Crippen LogP contribution in [-0.4, -0.2) is 49.0 Å². The summed E-state index contributed by atoms with van der Waals surface area (Å²) in [6.45, 7) is 6.79. The normalized spacial score (nSPS) is 14.4. The van der Waals surface area contributed by atoms with E-state index in [1.54, 1.807) is 55.5 Å². The molecule has 4 rings (SSSR count). The van der Waals surface area contributed by atoms with E-state index in [4.69, 9.17) is 31.2 Å². The number of hydrogen-bond donors (Lipinski definition) is 0. The summed E-state index contributed by atoms with van der Waals surface area (Å²) in [5.41, 5.74) is 3.28. The summed E-state index contributed by atoms with van der Waals surface area (Å²) in [4.78, 5) is 28.1. The van der Waals surface area contributed by atoms with E-state index in [2.05, 4.69) is 20.8 Å². The van der Waals surface area contributed by atoms with Crippen molar-refractivity contribution in [2.75, 3.05) is 27.9 Å².